The van der Waals surface area contributed by atoms with Gasteiger partial charge < -0.3 is 5.32 Å². The highest BCUT2D eigenvalue weighted by Gasteiger charge is 2.37. The average Bonchev–Trinajstić information content (AvgIpc) is 2.96. The third kappa shape index (κ3) is 4.49. The first-order valence-electron chi connectivity index (χ1n) is 9.55. The van der Waals surface area contributed by atoms with Crippen molar-refractivity contribution in [1.29, 1.82) is 0 Å². The van der Waals surface area contributed by atoms with Crippen molar-refractivity contribution < 1.29 is 13.2 Å². The van der Waals surface area contributed by atoms with E-state index in [9.17, 15) is 13.2 Å². The summed E-state index contributed by atoms with van der Waals surface area (Å²) in [4.78, 5) is 6.59. The number of alkyl halides is 3. The molecule has 1 atom stereocenters. The van der Waals surface area contributed by atoms with Gasteiger partial charge in [-0.25, -0.2) is 4.99 Å². The Labute approximate surface area is 172 Å². The average molecular weight is 420 g/mol. The van der Waals surface area contributed by atoms with E-state index in [1.807, 2.05) is 0 Å². The summed E-state index contributed by atoms with van der Waals surface area (Å²) in [5.41, 5.74) is 2.35. The van der Waals surface area contributed by atoms with Crippen molar-refractivity contribution in [1.82, 2.24) is 10.2 Å². The van der Waals surface area contributed by atoms with Gasteiger partial charge in [0.15, 0.2) is 0 Å². The van der Waals surface area contributed by atoms with E-state index >= 15 is 0 Å². The Morgan fingerprint density at radius 2 is 2.03 bits per heavy atom. The van der Waals surface area contributed by atoms with Gasteiger partial charge in [0.05, 0.1) is 5.56 Å². The topological polar surface area (TPSA) is 27.6 Å². The first-order valence-corrected chi connectivity index (χ1v) is 9.92. The van der Waals surface area contributed by atoms with Crippen LogP contribution in [-0.4, -0.2) is 29.7 Å². The van der Waals surface area contributed by atoms with Crippen LogP contribution in [0.25, 0.3) is 0 Å². The molecule has 0 fully saturated rings. The Balaban J connectivity index is 1.55. The van der Waals surface area contributed by atoms with Crippen LogP contribution in [0, 0.1) is 0 Å². The van der Waals surface area contributed by atoms with E-state index in [1.165, 1.54) is 17.7 Å². The van der Waals surface area contributed by atoms with Crippen LogP contribution < -0.4 is 5.32 Å². The molecule has 1 N–H and O–H groups in total. The Morgan fingerprint density at radius 3 is 2.86 bits per heavy atom. The van der Waals surface area contributed by atoms with Crippen molar-refractivity contribution in [2.45, 2.75) is 25.2 Å². The van der Waals surface area contributed by atoms with Crippen LogP contribution in [0.2, 0.25) is 0 Å². The molecule has 1 aromatic rings. The number of hydrogen-bond acceptors (Lipinski definition) is 3. The van der Waals surface area contributed by atoms with Crippen LogP contribution in [0.3, 0.4) is 0 Å². The van der Waals surface area contributed by atoms with Crippen LogP contribution in [0.15, 0.2) is 76.5 Å². The molecule has 2 heterocycles. The van der Waals surface area contributed by atoms with Crippen LogP contribution in [0.4, 0.5) is 13.2 Å². The summed E-state index contributed by atoms with van der Waals surface area (Å²) in [6.45, 7) is 2.20. The zero-order valence-electron chi connectivity index (χ0n) is 15.7. The van der Waals surface area contributed by atoms with E-state index in [4.69, 9.17) is 11.6 Å². The molecule has 0 bridgehead atoms. The normalized spacial score (nSPS) is 22.6. The number of hydrogen-bond donors (Lipinski definition) is 1. The Kier molecular flexibility index (Phi) is 5.65. The van der Waals surface area contributed by atoms with Crippen molar-refractivity contribution in [3.63, 3.8) is 0 Å². The molecular weight excluding hydrogens is 399 g/mol. The van der Waals surface area contributed by atoms with Crippen molar-refractivity contribution in [3.8, 4) is 0 Å². The van der Waals surface area contributed by atoms with Gasteiger partial charge in [-0.1, -0.05) is 60.2 Å². The molecule has 0 saturated carbocycles. The van der Waals surface area contributed by atoms with E-state index in [-0.39, 0.29) is 5.56 Å². The highest BCUT2D eigenvalue weighted by atomic mass is 35.5. The number of aliphatic imine (C=N–C) groups is 1. The molecule has 1 aromatic carbocycles. The fourth-order valence-corrected chi connectivity index (χ4v) is 4.14. The third-order valence-electron chi connectivity index (χ3n) is 5.24. The second kappa shape index (κ2) is 8.20. The molecule has 0 saturated heterocycles. The molecule has 7 heteroatoms. The molecule has 2 aliphatic heterocycles. The molecule has 0 radical (unpaired) electrons. The lowest BCUT2D eigenvalue weighted by molar-refractivity contribution is -0.138. The van der Waals surface area contributed by atoms with E-state index in [1.54, 1.807) is 6.07 Å². The van der Waals surface area contributed by atoms with Gasteiger partial charge in [0, 0.05) is 36.5 Å². The lowest BCUT2D eigenvalue weighted by Gasteiger charge is -2.35. The largest absolute Gasteiger partial charge is 0.416 e. The minimum absolute atomic E-state index is 0.0846. The first-order chi connectivity index (χ1) is 13.9. The summed E-state index contributed by atoms with van der Waals surface area (Å²) in [7, 11) is 0. The quantitative estimate of drug-likeness (QED) is 0.715. The first kappa shape index (κ1) is 20.0. The van der Waals surface area contributed by atoms with Crippen molar-refractivity contribution in [2.24, 2.45) is 4.99 Å². The van der Waals surface area contributed by atoms with Crippen LogP contribution >= 0.6 is 11.6 Å². The number of nitrogens with zero attached hydrogens (tertiary/aromatic N) is 2. The van der Waals surface area contributed by atoms with E-state index in [0.29, 0.717) is 18.1 Å². The van der Waals surface area contributed by atoms with Crippen molar-refractivity contribution in [3.05, 3.63) is 82.6 Å². The summed E-state index contributed by atoms with van der Waals surface area (Å²) < 4.78 is 40.3. The maximum atomic E-state index is 13.4. The number of nitrogens with one attached hydrogen (secondary N) is 1. The van der Waals surface area contributed by atoms with E-state index in [0.717, 1.165) is 36.8 Å². The maximum absolute atomic E-state index is 13.4. The Morgan fingerprint density at radius 1 is 1.21 bits per heavy atom. The lowest BCUT2D eigenvalue weighted by Crippen LogP contribution is -2.41. The summed E-state index contributed by atoms with van der Waals surface area (Å²) in [5, 5.41) is 3.51. The summed E-state index contributed by atoms with van der Waals surface area (Å²) >= 11 is 6.38. The minimum Gasteiger partial charge on any atom is -0.362 e. The molecule has 1 aliphatic carbocycles. The van der Waals surface area contributed by atoms with Gasteiger partial charge in [0.25, 0.3) is 0 Å². The molecule has 1 unspecified atom stereocenters. The maximum Gasteiger partial charge on any atom is 0.416 e. The summed E-state index contributed by atoms with van der Waals surface area (Å²) in [6.07, 6.45) is 6.83. The molecule has 0 spiro atoms. The van der Waals surface area contributed by atoms with Gasteiger partial charge in [-0.15, -0.1) is 0 Å². The molecule has 0 amide bonds. The monoisotopic (exact) mass is 419 g/mol. The number of rotatable bonds is 3. The zero-order chi connectivity index (χ0) is 20.4. The van der Waals surface area contributed by atoms with Gasteiger partial charge in [-0.2, -0.15) is 13.2 Å². The minimum atomic E-state index is -4.45. The van der Waals surface area contributed by atoms with Gasteiger partial charge >= 0.3 is 6.18 Å². The van der Waals surface area contributed by atoms with Crippen LogP contribution in [0.5, 0.6) is 0 Å². The van der Waals surface area contributed by atoms with Gasteiger partial charge in [0.2, 0.25) is 0 Å². The molecule has 29 heavy (non-hydrogen) atoms. The molecule has 152 valence electrons. The molecule has 3 nitrogen and oxygen atoms in total. The molecule has 4 rings (SSSR count). The van der Waals surface area contributed by atoms with Crippen molar-refractivity contribution >= 4 is 16.8 Å². The van der Waals surface area contributed by atoms with E-state index in [2.05, 4.69) is 45.6 Å². The van der Waals surface area contributed by atoms with Crippen LogP contribution in [0.1, 0.15) is 30.1 Å². The number of allylic oxidation sites excluding steroid dienone is 4. The highest BCUT2D eigenvalue weighted by Crippen LogP contribution is 2.37. The zero-order valence-corrected chi connectivity index (χ0v) is 16.5. The fraction of sp³-hybridized carbons (Fsp3) is 0.318. The Hall–Kier alpha value is -2.31. The van der Waals surface area contributed by atoms with E-state index < -0.39 is 17.9 Å². The van der Waals surface area contributed by atoms with Crippen LogP contribution in [-0.2, 0) is 6.18 Å². The Bertz CT molecular complexity index is 941. The SMILES string of the molecule is FC(F)(F)c1ccccc1C1N=C(Cl)C2=C(CN(CC3=CC=CCC=C3)CC2)N1. The summed E-state index contributed by atoms with van der Waals surface area (Å²) in [6, 6.07) is 5.50. The van der Waals surface area contributed by atoms with Gasteiger partial charge in [-0.3, -0.25) is 4.90 Å². The van der Waals surface area contributed by atoms with Gasteiger partial charge in [-0.05, 0) is 24.5 Å². The molecule has 0 aromatic heterocycles. The molecule has 3 aliphatic rings. The van der Waals surface area contributed by atoms with Crippen molar-refractivity contribution in [2.75, 3.05) is 19.6 Å². The predicted octanol–water partition coefficient (Wildman–Crippen LogP) is 5.35. The van der Waals surface area contributed by atoms with Gasteiger partial charge in [0.1, 0.15) is 11.3 Å². The number of halogens is 4. The highest BCUT2D eigenvalue weighted by molar-refractivity contribution is 6.69. The third-order valence-corrected chi connectivity index (χ3v) is 5.57. The predicted molar refractivity (Wildman–Crippen MR) is 110 cm³/mol. The second-order valence-corrected chi connectivity index (χ2v) is 7.64. The lowest BCUT2D eigenvalue weighted by atomic mass is 9.99. The second-order valence-electron chi connectivity index (χ2n) is 7.28. The fourth-order valence-electron chi connectivity index (χ4n) is 3.83. The molecular formula is C22H21ClF3N3. The smallest absolute Gasteiger partial charge is 0.362 e. The standard InChI is InChI=1S/C22H21ClF3N3/c23-20-17-11-12-29(13-15-7-3-1-2-4-8-15)14-19(17)27-21(28-20)16-9-5-6-10-18(16)22(24,25)26/h1,3-10,21,27H,2,11-14H2. The number of benzene rings is 1. The summed E-state index contributed by atoms with van der Waals surface area (Å²) in [5.74, 6) is 0.